The van der Waals surface area contributed by atoms with Crippen molar-refractivity contribution in [2.24, 2.45) is 0 Å². The van der Waals surface area contributed by atoms with E-state index in [1.54, 1.807) is 12.1 Å². The van der Waals surface area contributed by atoms with E-state index in [1.165, 1.54) is 25.1 Å². The molecule has 0 saturated carbocycles. The van der Waals surface area contributed by atoms with Crippen molar-refractivity contribution in [3.05, 3.63) is 72.6 Å². The van der Waals surface area contributed by atoms with E-state index < -0.39 is 33.8 Å². The molecular weight excluding hydrogens is 399 g/mol. The van der Waals surface area contributed by atoms with Gasteiger partial charge in [-0.3, -0.25) is 14.3 Å². The molecule has 0 heterocycles. The number of hydrogen-bond acceptors (Lipinski definition) is 5. The molecule has 2 aromatic rings. The van der Waals surface area contributed by atoms with E-state index in [4.69, 9.17) is 4.74 Å². The molecule has 0 unspecified atom stereocenters. The normalized spacial score (nSPS) is 11.9. The Hall–Kier alpha value is -3.20. The number of benzene rings is 2. The van der Waals surface area contributed by atoms with Crippen molar-refractivity contribution >= 4 is 27.6 Å². The highest BCUT2D eigenvalue weighted by atomic mass is 32.2. The van der Waals surface area contributed by atoms with Gasteiger partial charge in [-0.05, 0) is 48.9 Å². The second-order valence-electron chi connectivity index (χ2n) is 6.10. The molecule has 0 aliphatic carbocycles. The predicted octanol–water partition coefficient (Wildman–Crippen LogP) is 2.40. The SMILES string of the molecule is C=CCNC(=O)[C@@H](C)OC(=O)Cc1ccc(NS(=O)(=O)c2ccc(F)cc2)cc1. The topological polar surface area (TPSA) is 102 Å². The van der Waals surface area contributed by atoms with Crippen LogP contribution in [-0.2, 0) is 30.8 Å². The Kier molecular flexibility index (Phi) is 7.49. The Labute approximate surface area is 168 Å². The lowest BCUT2D eigenvalue weighted by molar-refractivity contribution is -0.154. The standard InChI is InChI=1S/C20H21FN2O5S/c1-3-12-22-20(25)14(2)28-19(24)13-15-4-8-17(9-5-15)23-29(26,27)18-10-6-16(21)7-11-18/h3-11,14,23H,1,12-13H2,2H3,(H,22,25)/t14-/m1/s1. The summed E-state index contributed by atoms with van der Waals surface area (Å²) in [6.07, 6.45) is 0.492. The minimum Gasteiger partial charge on any atom is -0.452 e. The van der Waals surface area contributed by atoms with Crippen LogP contribution in [0.4, 0.5) is 10.1 Å². The van der Waals surface area contributed by atoms with E-state index in [9.17, 15) is 22.4 Å². The predicted molar refractivity (Wildman–Crippen MR) is 106 cm³/mol. The van der Waals surface area contributed by atoms with Crippen LogP contribution >= 0.6 is 0 Å². The number of ether oxygens (including phenoxy) is 1. The minimum absolute atomic E-state index is 0.0738. The highest BCUT2D eigenvalue weighted by Crippen LogP contribution is 2.17. The average Bonchev–Trinajstić information content (AvgIpc) is 2.67. The largest absolute Gasteiger partial charge is 0.452 e. The number of rotatable bonds is 9. The first-order chi connectivity index (χ1) is 13.7. The van der Waals surface area contributed by atoms with Crippen molar-refractivity contribution in [3.63, 3.8) is 0 Å². The van der Waals surface area contributed by atoms with E-state index in [1.807, 2.05) is 0 Å². The highest BCUT2D eigenvalue weighted by Gasteiger charge is 2.18. The van der Waals surface area contributed by atoms with Gasteiger partial charge in [0, 0.05) is 12.2 Å². The van der Waals surface area contributed by atoms with Crippen LogP contribution in [0.3, 0.4) is 0 Å². The molecule has 29 heavy (non-hydrogen) atoms. The van der Waals surface area contributed by atoms with Crippen LogP contribution < -0.4 is 10.0 Å². The molecule has 2 aromatic carbocycles. The summed E-state index contributed by atoms with van der Waals surface area (Å²) in [5.41, 5.74) is 0.863. The first kappa shape index (κ1) is 22.1. The van der Waals surface area contributed by atoms with Gasteiger partial charge in [0.25, 0.3) is 15.9 Å². The summed E-state index contributed by atoms with van der Waals surface area (Å²) in [5.74, 6) is -1.55. The molecule has 0 spiro atoms. The van der Waals surface area contributed by atoms with Crippen LogP contribution in [-0.4, -0.2) is 32.9 Å². The molecular formula is C20H21FN2O5S. The van der Waals surface area contributed by atoms with Gasteiger partial charge in [0.2, 0.25) is 0 Å². The lowest BCUT2D eigenvalue weighted by Gasteiger charge is -2.13. The number of anilines is 1. The van der Waals surface area contributed by atoms with E-state index in [2.05, 4.69) is 16.6 Å². The van der Waals surface area contributed by atoms with Gasteiger partial charge in [0.1, 0.15) is 5.82 Å². The molecule has 9 heteroatoms. The van der Waals surface area contributed by atoms with Crippen molar-refractivity contribution < 1.29 is 27.1 Å². The number of carbonyl (C=O) groups is 2. The van der Waals surface area contributed by atoms with Gasteiger partial charge in [0.05, 0.1) is 11.3 Å². The molecule has 154 valence electrons. The third-order valence-corrected chi connectivity index (χ3v) is 5.17. The van der Waals surface area contributed by atoms with Crippen LogP contribution in [0.2, 0.25) is 0 Å². The molecule has 0 saturated heterocycles. The van der Waals surface area contributed by atoms with Gasteiger partial charge in [-0.2, -0.15) is 0 Å². The first-order valence-corrected chi connectivity index (χ1v) is 10.1. The Balaban J connectivity index is 1.94. The zero-order chi connectivity index (χ0) is 21.4. The molecule has 1 atom stereocenters. The van der Waals surface area contributed by atoms with Gasteiger partial charge in [-0.25, -0.2) is 12.8 Å². The Morgan fingerprint density at radius 1 is 1.14 bits per heavy atom. The Bertz CT molecular complexity index is 973. The van der Waals surface area contributed by atoms with Crippen molar-refractivity contribution in [2.45, 2.75) is 24.3 Å². The second kappa shape index (κ2) is 9.83. The Morgan fingerprint density at radius 3 is 2.34 bits per heavy atom. The third kappa shape index (κ3) is 6.72. The number of carbonyl (C=O) groups excluding carboxylic acids is 2. The van der Waals surface area contributed by atoms with Crippen molar-refractivity contribution in [1.82, 2.24) is 5.32 Å². The molecule has 0 fully saturated rings. The number of nitrogens with one attached hydrogen (secondary N) is 2. The van der Waals surface area contributed by atoms with Gasteiger partial charge in [-0.1, -0.05) is 18.2 Å². The summed E-state index contributed by atoms with van der Waals surface area (Å²) < 4.78 is 45.0. The first-order valence-electron chi connectivity index (χ1n) is 8.66. The van der Waals surface area contributed by atoms with E-state index in [0.29, 0.717) is 5.56 Å². The van der Waals surface area contributed by atoms with Gasteiger partial charge < -0.3 is 10.1 Å². The molecule has 0 aromatic heterocycles. The maximum absolute atomic E-state index is 12.9. The fraction of sp³-hybridized carbons (Fsp3) is 0.200. The zero-order valence-electron chi connectivity index (χ0n) is 15.7. The molecule has 2 N–H and O–H groups in total. The zero-order valence-corrected chi connectivity index (χ0v) is 16.5. The smallest absolute Gasteiger partial charge is 0.311 e. The van der Waals surface area contributed by atoms with E-state index in [0.717, 1.165) is 24.3 Å². The molecule has 0 bridgehead atoms. The van der Waals surface area contributed by atoms with Crippen LogP contribution in [0.1, 0.15) is 12.5 Å². The highest BCUT2D eigenvalue weighted by molar-refractivity contribution is 7.92. The van der Waals surface area contributed by atoms with Crippen LogP contribution in [0.25, 0.3) is 0 Å². The molecule has 0 aliphatic rings. The molecule has 0 radical (unpaired) electrons. The summed E-state index contributed by atoms with van der Waals surface area (Å²) >= 11 is 0. The monoisotopic (exact) mass is 420 g/mol. The summed E-state index contributed by atoms with van der Waals surface area (Å²) in [5, 5.41) is 2.53. The van der Waals surface area contributed by atoms with Gasteiger partial charge in [0.15, 0.2) is 6.10 Å². The number of amides is 1. The van der Waals surface area contributed by atoms with E-state index in [-0.39, 0.29) is 23.5 Å². The third-order valence-electron chi connectivity index (χ3n) is 3.78. The number of sulfonamides is 1. The van der Waals surface area contributed by atoms with Crippen molar-refractivity contribution in [2.75, 3.05) is 11.3 Å². The number of halogens is 1. The molecule has 2 rings (SSSR count). The quantitative estimate of drug-likeness (QED) is 0.479. The average molecular weight is 420 g/mol. The van der Waals surface area contributed by atoms with Crippen LogP contribution in [0, 0.1) is 5.82 Å². The van der Waals surface area contributed by atoms with Gasteiger partial charge in [-0.15, -0.1) is 6.58 Å². The minimum atomic E-state index is -3.86. The molecule has 0 aliphatic heterocycles. The molecule has 1 amide bonds. The van der Waals surface area contributed by atoms with Crippen molar-refractivity contribution in [3.8, 4) is 0 Å². The fourth-order valence-corrected chi connectivity index (χ4v) is 3.35. The number of esters is 1. The summed E-state index contributed by atoms with van der Waals surface area (Å²) in [4.78, 5) is 23.6. The summed E-state index contributed by atoms with van der Waals surface area (Å²) in [6, 6.07) is 10.5. The second-order valence-corrected chi connectivity index (χ2v) is 7.78. The summed E-state index contributed by atoms with van der Waals surface area (Å²) in [6.45, 7) is 5.21. The number of hydrogen-bond donors (Lipinski definition) is 2. The maximum Gasteiger partial charge on any atom is 0.311 e. The maximum atomic E-state index is 12.9. The van der Waals surface area contributed by atoms with Crippen LogP contribution in [0.5, 0.6) is 0 Å². The fourth-order valence-electron chi connectivity index (χ4n) is 2.29. The lowest BCUT2D eigenvalue weighted by Crippen LogP contribution is -2.36. The molecule has 7 nitrogen and oxygen atoms in total. The lowest BCUT2D eigenvalue weighted by atomic mass is 10.1. The van der Waals surface area contributed by atoms with E-state index >= 15 is 0 Å². The van der Waals surface area contributed by atoms with Crippen molar-refractivity contribution in [1.29, 1.82) is 0 Å². The Morgan fingerprint density at radius 2 is 1.76 bits per heavy atom. The summed E-state index contributed by atoms with van der Waals surface area (Å²) in [7, 11) is -3.86. The van der Waals surface area contributed by atoms with Gasteiger partial charge >= 0.3 is 5.97 Å². The van der Waals surface area contributed by atoms with Crippen LogP contribution in [0.15, 0.2) is 66.1 Å².